The molecular formula is C37H53BrN2O3. The number of amides is 1. The van der Waals surface area contributed by atoms with Crippen molar-refractivity contribution in [3.05, 3.63) is 84.2 Å². The number of rotatable bonds is 22. The van der Waals surface area contributed by atoms with E-state index in [1.54, 1.807) is 7.11 Å². The highest BCUT2D eigenvalue weighted by atomic mass is 79.9. The summed E-state index contributed by atoms with van der Waals surface area (Å²) in [7, 11) is 1.65. The normalized spacial score (nSPS) is 10.7. The van der Waals surface area contributed by atoms with Crippen molar-refractivity contribution < 1.29 is 35.8 Å². The molecule has 6 heteroatoms. The molecule has 0 atom stereocenters. The van der Waals surface area contributed by atoms with Gasteiger partial charge in [0, 0.05) is 28.9 Å². The Morgan fingerprint density at radius 3 is 1.88 bits per heavy atom. The number of ether oxygens (including phenoxy) is 2. The van der Waals surface area contributed by atoms with E-state index >= 15 is 0 Å². The first-order valence-corrected chi connectivity index (χ1v) is 16.3. The third-order valence-corrected chi connectivity index (χ3v) is 7.76. The Morgan fingerprint density at radius 2 is 1.30 bits per heavy atom. The molecule has 3 aromatic rings. The lowest BCUT2D eigenvalue weighted by atomic mass is 10.0. The second kappa shape index (κ2) is 22.6. The first kappa shape index (κ1) is 36.3. The van der Waals surface area contributed by atoms with Crippen LogP contribution in [0.3, 0.4) is 0 Å². The van der Waals surface area contributed by atoms with E-state index in [4.69, 9.17) is 9.47 Å². The van der Waals surface area contributed by atoms with Crippen LogP contribution in [0.4, 0.5) is 5.69 Å². The Hall–Kier alpha value is -2.86. The number of nitrogens with one attached hydrogen (secondary N) is 1. The van der Waals surface area contributed by atoms with Crippen molar-refractivity contribution in [3.63, 3.8) is 0 Å². The number of carbonyl (C=O) groups excluding carboxylic acids is 1. The fraction of sp³-hybridized carbons (Fsp3) is 0.514. The maximum atomic E-state index is 12.9. The monoisotopic (exact) mass is 652 g/mol. The van der Waals surface area contributed by atoms with E-state index in [2.05, 4.69) is 16.8 Å². The first-order valence-electron chi connectivity index (χ1n) is 16.3. The van der Waals surface area contributed by atoms with Crippen molar-refractivity contribution in [2.24, 2.45) is 0 Å². The number of aromatic nitrogens is 1. The second-order valence-corrected chi connectivity index (χ2v) is 11.4. The molecule has 0 aliphatic rings. The lowest BCUT2D eigenvalue weighted by Crippen LogP contribution is -3.00. The Labute approximate surface area is 271 Å². The molecule has 0 bridgehead atoms. The molecule has 236 valence electrons. The van der Waals surface area contributed by atoms with Crippen molar-refractivity contribution in [2.75, 3.05) is 19.0 Å². The number of nitrogens with zero attached hydrogens (tertiary/aromatic N) is 1. The van der Waals surface area contributed by atoms with Crippen LogP contribution in [0.5, 0.6) is 11.5 Å². The Bertz CT molecular complexity index is 1140. The van der Waals surface area contributed by atoms with Gasteiger partial charge in [0.25, 0.3) is 0 Å². The predicted octanol–water partition coefficient (Wildman–Crippen LogP) is 6.08. The molecule has 0 fully saturated rings. The van der Waals surface area contributed by atoms with Crippen LogP contribution in [0.25, 0.3) is 0 Å². The lowest BCUT2D eigenvalue weighted by molar-refractivity contribution is -0.688. The molecule has 0 aliphatic carbocycles. The number of carbonyl (C=O) groups is 1. The van der Waals surface area contributed by atoms with E-state index in [-0.39, 0.29) is 29.3 Å². The molecule has 3 rings (SSSR count). The summed E-state index contributed by atoms with van der Waals surface area (Å²) >= 11 is 0. The molecule has 1 heterocycles. The Kier molecular flexibility index (Phi) is 19.1. The summed E-state index contributed by atoms with van der Waals surface area (Å²) in [5.74, 6) is 1.28. The summed E-state index contributed by atoms with van der Waals surface area (Å²) < 4.78 is 13.9. The van der Waals surface area contributed by atoms with Crippen LogP contribution in [0.1, 0.15) is 108 Å². The van der Waals surface area contributed by atoms with Gasteiger partial charge in [0.2, 0.25) is 5.91 Å². The molecular weight excluding hydrogens is 600 g/mol. The van der Waals surface area contributed by atoms with E-state index in [1.807, 2.05) is 73.1 Å². The van der Waals surface area contributed by atoms with Crippen molar-refractivity contribution in [2.45, 2.75) is 110 Å². The van der Waals surface area contributed by atoms with E-state index in [0.717, 1.165) is 24.2 Å². The van der Waals surface area contributed by atoms with Gasteiger partial charge in [-0.05, 0) is 24.6 Å². The molecule has 0 saturated heterocycles. The number of halogens is 1. The van der Waals surface area contributed by atoms with Crippen molar-refractivity contribution in [1.82, 2.24) is 0 Å². The van der Waals surface area contributed by atoms with Crippen molar-refractivity contribution >= 4 is 11.6 Å². The van der Waals surface area contributed by atoms with E-state index in [0.29, 0.717) is 18.1 Å². The summed E-state index contributed by atoms with van der Waals surface area (Å²) in [6.45, 7) is 3.70. The molecule has 0 aliphatic heterocycles. The Balaban J connectivity index is 0.00000645. The summed E-state index contributed by atoms with van der Waals surface area (Å²) in [6, 6.07) is 19.8. The van der Waals surface area contributed by atoms with Crippen LogP contribution >= 0.6 is 0 Å². The van der Waals surface area contributed by atoms with Crippen molar-refractivity contribution in [3.8, 4) is 11.5 Å². The maximum Gasteiger partial charge on any atom is 0.228 e. The highest BCUT2D eigenvalue weighted by molar-refractivity contribution is 5.92. The number of hydrogen-bond acceptors (Lipinski definition) is 3. The fourth-order valence-electron chi connectivity index (χ4n) is 5.32. The first-order chi connectivity index (χ1) is 20.7. The summed E-state index contributed by atoms with van der Waals surface area (Å²) in [5, 5.41) is 3.03. The average molecular weight is 654 g/mol. The zero-order valence-electron chi connectivity index (χ0n) is 26.5. The van der Waals surface area contributed by atoms with Gasteiger partial charge in [-0.25, -0.2) is 4.57 Å². The number of pyridine rings is 1. The highest BCUT2D eigenvalue weighted by Gasteiger charge is 2.14. The number of anilines is 1. The third-order valence-electron chi connectivity index (χ3n) is 7.76. The molecule has 0 saturated carbocycles. The molecule has 2 aromatic carbocycles. The van der Waals surface area contributed by atoms with Crippen LogP contribution in [0, 0.1) is 0 Å². The van der Waals surface area contributed by atoms with E-state index in [9.17, 15) is 4.79 Å². The number of para-hydroxylation sites is 1. The molecule has 0 unspecified atom stereocenters. The van der Waals surface area contributed by atoms with Gasteiger partial charge in [0.15, 0.2) is 30.4 Å². The SMILES string of the molecule is CCCCCCCCCCCCCCCCOc1c(CC(=O)Nc2ccc(C[n+]3ccccc3)cc2)cccc1OC.[Br-]. The van der Waals surface area contributed by atoms with Crippen LogP contribution in [-0.4, -0.2) is 19.6 Å². The second-order valence-electron chi connectivity index (χ2n) is 11.4. The van der Waals surface area contributed by atoms with Gasteiger partial charge in [0.1, 0.15) is 0 Å². The van der Waals surface area contributed by atoms with Gasteiger partial charge in [-0.1, -0.05) is 121 Å². The van der Waals surface area contributed by atoms with Gasteiger partial charge < -0.3 is 31.8 Å². The average Bonchev–Trinajstić information content (AvgIpc) is 3.01. The summed E-state index contributed by atoms with van der Waals surface area (Å²) in [4.78, 5) is 12.9. The molecule has 0 radical (unpaired) electrons. The molecule has 5 nitrogen and oxygen atoms in total. The predicted molar refractivity (Wildman–Crippen MR) is 173 cm³/mol. The van der Waals surface area contributed by atoms with Crippen LogP contribution in [-0.2, 0) is 17.8 Å². The molecule has 1 amide bonds. The van der Waals surface area contributed by atoms with Gasteiger partial charge in [-0.3, -0.25) is 4.79 Å². The quantitative estimate of drug-likeness (QED) is 0.106. The van der Waals surface area contributed by atoms with Gasteiger partial charge in [-0.15, -0.1) is 0 Å². The van der Waals surface area contributed by atoms with Gasteiger partial charge in [-0.2, -0.15) is 0 Å². The minimum absolute atomic E-state index is 0. The topological polar surface area (TPSA) is 51.4 Å². The fourth-order valence-corrected chi connectivity index (χ4v) is 5.32. The summed E-state index contributed by atoms with van der Waals surface area (Å²) in [6.07, 6.45) is 23.0. The standard InChI is InChI=1S/C37H52N2O3.BrH/c1-3-4-5-6-7-8-9-10-11-12-13-14-15-19-29-42-37-33(21-20-22-35(37)41-2)30-36(40)38-34-25-23-32(24-26-34)31-39-27-17-16-18-28-39;/h16-18,20-28H,3-15,19,29-31H2,1-2H3;1H. The molecule has 1 N–H and O–H groups in total. The minimum Gasteiger partial charge on any atom is -1.00 e. The van der Waals surface area contributed by atoms with Gasteiger partial charge >= 0.3 is 0 Å². The number of benzene rings is 2. The number of unbranched alkanes of at least 4 members (excludes halogenated alkanes) is 13. The summed E-state index contributed by atoms with van der Waals surface area (Å²) in [5.41, 5.74) is 2.81. The van der Waals surface area contributed by atoms with Gasteiger partial charge in [0.05, 0.1) is 20.1 Å². The van der Waals surface area contributed by atoms with E-state index < -0.39 is 0 Å². The Morgan fingerprint density at radius 1 is 0.721 bits per heavy atom. The van der Waals surface area contributed by atoms with E-state index in [1.165, 1.54) is 89.0 Å². The van der Waals surface area contributed by atoms with Crippen LogP contribution in [0.2, 0.25) is 0 Å². The number of hydrogen-bond donors (Lipinski definition) is 1. The zero-order valence-corrected chi connectivity index (χ0v) is 28.1. The highest BCUT2D eigenvalue weighted by Crippen LogP contribution is 2.32. The van der Waals surface area contributed by atoms with Crippen molar-refractivity contribution in [1.29, 1.82) is 0 Å². The smallest absolute Gasteiger partial charge is 0.228 e. The third kappa shape index (κ3) is 14.9. The van der Waals surface area contributed by atoms with Crippen LogP contribution < -0.4 is 36.3 Å². The largest absolute Gasteiger partial charge is 1.00 e. The lowest BCUT2D eigenvalue weighted by Gasteiger charge is -2.15. The number of methoxy groups -OCH3 is 1. The molecule has 1 aromatic heterocycles. The minimum atomic E-state index is -0.0743. The maximum absolute atomic E-state index is 12.9. The zero-order chi connectivity index (χ0) is 29.7. The molecule has 43 heavy (non-hydrogen) atoms. The van der Waals surface area contributed by atoms with Crippen LogP contribution in [0.15, 0.2) is 73.1 Å². The molecule has 0 spiro atoms.